The third kappa shape index (κ3) is 4.82. The molecule has 0 aromatic heterocycles. The van der Waals surface area contributed by atoms with E-state index in [0.717, 1.165) is 18.8 Å². The van der Waals surface area contributed by atoms with Gasteiger partial charge in [-0.05, 0) is 49.2 Å². The first kappa shape index (κ1) is 15.4. The van der Waals surface area contributed by atoms with Gasteiger partial charge in [0.2, 0.25) is 0 Å². The fourth-order valence-corrected chi connectivity index (χ4v) is 2.54. The molecule has 1 saturated carbocycles. The first-order chi connectivity index (χ1) is 9.65. The topological polar surface area (TPSA) is 58.9 Å². The van der Waals surface area contributed by atoms with E-state index >= 15 is 0 Å². The van der Waals surface area contributed by atoms with Gasteiger partial charge in [-0.25, -0.2) is 0 Å². The number of rotatable bonds is 6. The lowest BCUT2D eigenvalue weighted by Crippen LogP contribution is -2.29. The minimum Gasteiger partial charge on any atom is -0.491 e. The lowest BCUT2D eigenvalue weighted by atomic mass is 9.80. The maximum atomic E-state index is 9.09. The maximum Gasteiger partial charge on any atom is 0.488 e. The molecule has 0 spiro atoms. The highest BCUT2D eigenvalue weighted by Gasteiger charge is 2.18. The molecule has 0 atom stereocenters. The van der Waals surface area contributed by atoms with E-state index in [0.29, 0.717) is 30.5 Å². The summed E-state index contributed by atoms with van der Waals surface area (Å²) in [7, 11) is -1.46. The van der Waals surface area contributed by atoms with Gasteiger partial charge in [-0.1, -0.05) is 19.1 Å². The normalized spacial score (nSPS) is 22.6. The molecule has 20 heavy (non-hydrogen) atoms. The highest BCUT2D eigenvalue weighted by atomic mass is 16.5. The van der Waals surface area contributed by atoms with E-state index in [2.05, 4.69) is 6.92 Å². The highest BCUT2D eigenvalue weighted by molar-refractivity contribution is 6.58. The SMILES string of the molecule is CC1CCC(OCCOc2cccc(B(O)O)c2)CC1. The summed E-state index contributed by atoms with van der Waals surface area (Å²) in [5.74, 6) is 1.47. The van der Waals surface area contributed by atoms with Gasteiger partial charge >= 0.3 is 7.12 Å². The molecule has 1 aliphatic rings. The number of hydrogen-bond donors (Lipinski definition) is 2. The lowest BCUT2D eigenvalue weighted by Gasteiger charge is -2.26. The summed E-state index contributed by atoms with van der Waals surface area (Å²) in [5, 5.41) is 18.2. The van der Waals surface area contributed by atoms with Crippen LogP contribution in [-0.4, -0.2) is 36.5 Å². The van der Waals surface area contributed by atoms with Crippen molar-refractivity contribution in [3.05, 3.63) is 24.3 Å². The molecule has 0 heterocycles. The average molecular weight is 278 g/mol. The van der Waals surface area contributed by atoms with Gasteiger partial charge < -0.3 is 19.5 Å². The standard InChI is InChI=1S/C15H23BO4/c1-12-5-7-14(8-6-12)19-9-10-20-15-4-2-3-13(11-15)16(17)18/h2-4,11-12,14,17-18H,5-10H2,1H3. The Balaban J connectivity index is 1.67. The molecule has 5 heteroatoms. The summed E-state index contributed by atoms with van der Waals surface area (Å²) in [6.07, 6.45) is 5.17. The Bertz CT molecular complexity index is 403. The number of benzene rings is 1. The summed E-state index contributed by atoms with van der Waals surface area (Å²) in [6, 6.07) is 6.83. The molecule has 1 aliphatic carbocycles. The summed E-state index contributed by atoms with van der Waals surface area (Å²) < 4.78 is 11.4. The van der Waals surface area contributed by atoms with E-state index in [-0.39, 0.29) is 0 Å². The van der Waals surface area contributed by atoms with Crippen LogP contribution in [-0.2, 0) is 4.74 Å². The Morgan fingerprint density at radius 1 is 1.15 bits per heavy atom. The second-order valence-electron chi connectivity index (χ2n) is 5.55. The van der Waals surface area contributed by atoms with Crippen LogP contribution in [0, 0.1) is 5.92 Å². The van der Waals surface area contributed by atoms with Gasteiger partial charge in [0, 0.05) is 0 Å². The molecule has 0 saturated heterocycles. The van der Waals surface area contributed by atoms with Crippen molar-refractivity contribution < 1.29 is 19.5 Å². The summed E-state index contributed by atoms with van der Waals surface area (Å²) in [4.78, 5) is 0. The zero-order valence-electron chi connectivity index (χ0n) is 12.0. The van der Waals surface area contributed by atoms with Crippen LogP contribution in [0.3, 0.4) is 0 Å². The molecular formula is C15H23BO4. The van der Waals surface area contributed by atoms with Gasteiger partial charge in [-0.15, -0.1) is 0 Å². The molecule has 1 fully saturated rings. The van der Waals surface area contributed by atoms with Crippen LogP contribution in [0.5, 0.6) is 5.75 Å². The molecule has 0 bridgehead atoms. The predicted molar refractivity (Wildman–Crippen MR) is 79.1 cm³/mol. The van der Waals surface area contributed by atoms with Crippen molar-refractivity contribution >= 4 is 12.6 Å². The van der Waals surface area contributed by atoms with Crippen molar-refractivity contribution in [3.63, 3.8) is 0 Å². The fourth-order valence-electron chi connectivity index (χ4n) is 2.54. The Hall–Kier alpha value is -1.04. The molecule has 0 unspecified atom stereocenters. The molecule has 110 valence electrons. The van der Waals surface area contributed by atoms with Gasteiger partial charge in [0.05, 0.1) is 12.7 Å². The maximum absolute atomic E-state index is 9.09. The zero-order valence-corrected chi connectivity index (χ0v) is 12.0. The Kier molecular flexibility index (Phi) is 5.89. The third-order valence-corrected chi connectivity index (χ3v) is 3.82. The average Bonchev–Trinajstić information content (AvgIpc) is 2.46. The van der Waals surface area contributed by atoms with E-state index in [1.54, 1.807) is 24.3 Å². The first-order valence-corrected chi connectivity index (χ1v) is 7.35. The van der Waals surface area contributed by atoms with E-state index in [4.69, 9.17) is 19.5 Å². The van der Waals surface area contributed by atoms with Crippen LogP contribution < -0.4 is 10.2 Å². The molecule has 2 N–H and O–H groups in total. The second-order valence-corrected chi connectivity index (χ2v) is 5.55. The van der Waals surface area contributed by atoms with Crippen LogP contribution in [0.2, 0.25) is 0 Å². The van der Waals surface area contributed by atoms with E-state index in [9.17, 15) is 0 Å². The predicted octanol–water partition coefficient (Wildman–Crippen LogP) is 1.34. The summed E-state index contributed by atoms with van der Waals surface area (Å²) in [6.45, 7) is 3.35. The molecule has 0 aliphatic heterocycles. The van der Waals surface area contributed by atoms with Crippen molar-refractivity contribution in [3.8, 4) is 5.75 Å². The number of hydrogen-bond acceptors (Lipinski definition) is 4. The van der Waals surface area contributed by atoms with E-state index in [1.807, 2.05) is 0 Å². The Morgan fingerprint density at radius 2 is 1.90 bits per heavy atom. The molecule has 4 nitrogen and oxygen atoms in total. The van der Waals surface area contributed by atoms with Gasteiger partial charge in [0.25, 0.3) is 0 Å². The van der Waals surface area contributed by atoms with Gasteiger partial charge in [0.1, 0.15) is 12.4 Å². The van der Waals surface area contributed by atoms with Crippen LogP contribution in [0.1, 0.15) is 32.6 Å². The fraction of sp³-hybridized carbons (Fsp3) is 0.600. The largest absolute Gasteiger partial charge is 0.491 e. The second kappa shape index (κ2) is 7.67. The third-order valence-electron chi connectivity index (χ3n) is 3.82. The highest BCUT2D eigenvalue weighted by Crippen LogP contribution is 2.25. The van der Waals surface area contributed by atoms with Crippen LogP contribution in [0.4, 0.5) is 0 Å². The van der Waals surface area contributed by atoms with Crippen LogP contribution >= 0.6 is 0 Å². The van der Waals surface area contributed by atoms with E-state index in [1.165, 1.54) is 12.8 Å². The monoisotopic (exact) mass is 278 g/mol. The molecule has 0 amide bonds. The first-order valence-electron chi connectivity index (χ1n) is 7.35. The smallest absolute Gasteiger partial charge is 0.488 e. The van der Waals surface area contributed by atoms with Crippen molar-refractivity contribution in [1.82, 2.24) is 0 Å². The molecular weight excluding hydrogens is 255 g/mol. The van der Waals surface area contributed by atoms with Crippen molar-refractivity contribution in [2.75, 3.05) is 13.2 Å². The van der Waals surface area contributed by atoms with Crippen molar-refractivity contribution in [2.45, 2.75) is 38.7 Å². The van der Waals surface area contributed by atoms with Crippen molar-refractivity contribution in [2.24, 2.45) is 5.92 Å². The molecule has 2 rings (SSSR count). The Labute approximate surface area is 120 Å². The summed E-state index contributed by atoms with van der Waals surface area (Å²) in [5.41, 5.74) is 0.435. The van der Waals surface area contributed by atoms with Crippen LogP contribution in [0.25, 0.3) is 0 Å². The minimum atomic E-state index is -1.46. The van der Waals surface area contributed by atoms with Crippen molar-refractivity contribution in [1.29, 1.82) is 0 Å². The molecule has 1 aromatic rings. The van der Waals surface area contributed by atoms with Gasteiger partial charge in [0.15, 0.2) is 0 Å². The zero-order chi connectivity index (χ0) is 14.4. The summed E-state index contributed by atoms with van der Waals surface area (Å²) >= 11 is 0. The number of ether oxygens (including phenoxy) is 2. The van der Waals surface area contributed by atoms with Crippen LogP contribution in [0.15, 0.2) is 24.3 Å². The van der Waals surface area contributed by atoms with Gasteiger partial charge in [-0.2, -0.15) is 0 Å². The minimum absolute atomic E-state index is 0.375. The van der Waals surface area contributed by atoms with E-state index < -0.39 is 7.12 Å². The van der Waals surface area contributed by atoms with Gasteiger partial charge in [-0.3, -0.25) is 0 Å². The lowest BCUT2D eigenvalue weighted by molar-refractivity contribution is 0.00571. The Morgan fingerprint density at radius 3 is 2.60 bits per heavy atom. The molecule has 0 radical (unpaired) electrons. The molecule has 1 aromatic carbocycles. The quantitative estimate of drug-likeness (QED) is 0.609.